The van der Waals surface area contributed by atoms with Crippen LogP contribution < -0.4 is 14.8 Å². The van der Waals surface area contributed by atoms with E-state index >= 15 is 0 Å². The Bertz CT molecular complexity index is 1320. The van der Waals surface area contributed by atoms with Gasteiger partial charge in [-0.1, -0.05) is 24.3 Å². The van der Waals surface area contributed by atoms with Crippen molar-refractivity contribution in [3.63, 3.8) is 0 Å². The first-order valence-electron chi connectivity index (χ1n) is 9.87. The third-order valence-electron chi connectivity index (χ3n) is 4.59. The number of carbonyl (C=O) groups excluding carboxylic acids is 1. The zero-order valence-corrected chi connectivity index (χ0v) is 17.7. The number of benzene rings is 2. The summed E-state index contributed by atoms with van der Waals surface area (Å²) in [7, 11) is 0. The van der Waals surface area contributed by atoms with Crippen LogP contribution in [0.4, 0.5) is 5.69 Å². The van der Waals surface area contributed by atoms with Crippen LogP contribution in [-0.4, -0.2) is 26.9 Å². The number of thiazole rings is 1. The van der Waals surface area contributed by atoms with Crippen molar-refractivity contribution in [2.24, 2.45) is 0 Å². The molecule has 3 heterocycles. The van der Waals surface area contributed by atoms with E-state index in [-0.39, 0.29) is 12.5 Å². The number of nitrogens with one attached hydrogen (secondary N) is 1. The minimum atomic E-state index is -0.253. The van der Waals surface area contributed by atoms with Gasteiger partial charge in [-0.25, -0.2) is 9.97 Å². The fourth-order valence-corrected chi connectivity index (χ4v) is 3.79. The molecule has 32 heavy (non-hydrogen) atoms. The number of amides is 1. The molecule has 5 rings (SSSR count). The molecule has 0 aliphatic carbocycles. The predicted octanol–water partition coefficient (Wildman–Crippen LogP) is 5.27. The highest BCUT2D eigenvalue weighted by atomic mass is 32.1. The van der Waals surface area contributed by atoms with Gasteiger partial charge in [0.1, 0.15) is 11.5 Å². The number of fused-ring (bicyclic) bond motifs is 1. The third kappa shape index (κ3) is 4.60. The molecular formula is C24H18N4O3S. The Morgan fingerprint density at radius 2 is 1.91 bits per heavy atom. The summed E-state index contributed by atoms with van der Waals surface area (Å²) >= 11 is 1.59. The molecule has 1 amide bonds. The van der Waals surface area contributed by atoms with Gasteiger partial charge in [0.25, 0.3) is 5.91 Å². The fraction of sp³-hybridized carbons (Fsp3) is 0.0417. The molecule has 158 valence electrons. The van der Waals surface area contributed by atoms with Gasteiger partial charge in [0, 0.05) is 47.4 Å². The number of hydrogen-bond acceptors (Lipinski definition) is 6. The molecule has 7 nitrogen and oxygen atoms in total. The van der Waals surface area contributed by atoms with Crippen molar-refractivity contribution in [2.75, 3.05) is 11.9 Å². The van der Waals surface area contributed by atoms with Crippen LogP contribution in [0.25, 0.3) is 16.2 Å². The van der Waals surface area contributed by atoms with E-state index in [0.717, 1.165) is 16.2 Å². The smallest absolute Gasteiger partial charge is 0.262 e. The molecule has 1 N–H and O–H groups in total. The van der Waals surface area contributed by atoms with Gasteiger partial charge >= 0.3 is 0 Å². The van der Waals surface area contributed by atoms with Crippen molar-refractivity contribution < 1.29 is 14.3 Å². The second-order valence-electron chi connectivity index (χ2n) is 6.88. The minimum Gasteiger partial charge on any atom is -0.484 e. The fourth-order valence-electron chi connectivity index (χ4n) is 3.09. The van der Waals surface area contributed by atoms with E-state index in [1.54, 1.807) is 47.9 Å². The van der Waals surface area contributed by atoms with Gasteiger partial charge in [-0.15, -0.1) is 11.3 Å². The zero-order valence-electron chi connectivity index (χ0n) is 16.8. The van der Waals surface area contributed by atoms with Crippen LogP contribution in [0.3, 0.4) is 0 Å². The molecular weight excluding hydrogens is 424 g/mol. The van der Waals surface area contributed by atoms with Crippen LogP contribution in [0.1, 0.15) is 0 Å². The number of aromatic nitrogens is 3. The zero-order chi connectivity index (χ0) is 21.8. The number of pyridine rings is 1. The molecule has 8 heteroatoms. The Morgan fingerprint density at radius 1 is 1.03 bits per heavy atom. The summed E-state index contributed by atoms with van der Waals surface area (Å²) in [6.07, 6.45) is 5.62. The first kappa shape index (κ1) is 19.8. The van der Waals surface area contributed by atoms with Crippen molar-refractivity contribution >= 4 is 27.9 Å². The first-order chi connectivity index (χ1) is 15.7. The molecule has 0 radical (unpaired) electrons. The quantitative estimate of drug-likeness (QED) is 0.372. The molecule has 0 atom stereocenters. The van der Waals surface area contributed by atoms with Crippen LogP contribution in [-0.2, 0) is 4.79 Å². The summed E-state index contributed by atoms with van der Waals surface area (Å²) in [4.78, 5) is 22.0. The van der Waals surface area contributed by atoms with Crippen molar-refractivity contribution in [3.05, 3.63) is 90.7 Å². The molecule has 0 bridgehead atoms. The lowest BCUT2D eigenvalue weighted by molar-refractivity contribution is -0.118. The highest BCUT2D eigenvalue weighted by Crippen LogP contribution is 2.25. The van der Waals surface area contributed by atoms with E-state index in [1.807, 2.05) is 58.6 Å². The maximum absolute atomic E-state index is 12.3. The topological polar surface area (TPSA) is 77.8 Å². The van der Waals surface area contributed by atoms with E-state index in [2.05, 4.69) is 15.3 Å². The first-order valence-corrected chi connectivity index (χ1v) is 10.8. The van der Waals surface area contributed by atoms with Crippen LogP contribution in [0.15, 0.2) is 90.7 Å². The van der Waals surface area contributed by atoms with Gasteiger partial charge in [-0.3, -0.25) is 9.20 Å². The summed E-state index contributed by atoms with van der Waals surface area (Å²) in [5, 5.41) is 4.83. The molecule has 0 spiro atoms. The normalized spacial score (nSPS) is 10.8. The number of nitrogens with zero attached hydrogens (tertiary/aromatic N) is 3. The molecule has 5 aromatic rings. The van der Waals surface area contributed by atoms with E-state index in [0.29, 0.717) is 23.1 Å². The Kier molecular flexibility index (Phi) is 5.50. The van der Waals surface area contributed by atoms with Crippen LogP contribution >= 0.6 is 11.3 Å². The standard InChI is InChI=1S/C24H18N4O3S/c29-22(16-30-19-4-3-5-20(14-19)31-23-6-1-2-11-25-23)26-18-9-7-17(8-10-18)21-15-28-12-13-32-24(28)27-21/h1-15H,16H2,(H,26,29). The number of carbonyl (C=O) groups is 1. The van der Waals surface area contributed by atoms with E-state index in [1.165, 1.54) is 0 Å². The Balaban J connectivity index is 1.16. The maximum Gasteiger partial charge on any atom is 0.262 e. The lowest BCUT2D eigenvalue weighted by Gasteiger charge is -2.09. The molecule has 0 aliphatic rings. The van der Waals surface area contributed by atoms with Crippen LogP contribution in [0, 0.1) is 0 Å². The number of imidazole rings is 1. The van der Waals surface area contributed by atoms with Crippen molar-refractivity contribution in [3.8, 4) is 28.6 Å². The number of rotatable bonds is 7. The lowest BCUT2D eigenvalue weighted by Crippen LogP contribution is -2.20. The SMILES string of the molecule is O=C(COc1cccc(Oc2ccccn2)c1)Nc1ccc(-c2cn3ccsc3n2)cc1. The Hall–Kier alpha value is -4.17. The largest absolute Gasteiger partial charge is 0.484 e. The second-order valence-corrected chi connectivity index (χ2v) is 7.75. The summed E-state index contributed by atoms with van der Waals surface area (Å²) < 4.78 is 13.3. The maximum atomic E-state index is 12.3. The van der Waals surface area contributed by atoms with Crippen molar-refractivity contribution in [1.82, 2.24) is 14.4 Å². The number of anilines is 1. The minimum absolute atomic E-state index is 0.119. The molecule has 0 fully saturated rings. The average Bonchev–Trinajstić information content (AvgIpc) is 3.42. The summed E-state index contributed by atoms with van der Waals surface area (Å²) in [6, 6.07) is 20.1. The molecule has 2 aromatic carbocycles. The van der Waals surface area contributed by atoms with E-state index < -0.39 is 0 Å². The average molecular weight is 443 g/mol. The summed E-state index contributed by atoms with van der Waals surface area (Å²) in [6.45, 7) is -0.119. The molecule has 0 saturated carbocycles. The van der Waals surface area contributed by atoms with Crippen molar-refractivity contribution in [1.29, 1.82) is 0 Å². The van der Waals surface area contributed by atoms with Crippen molar-refractivity contribution in [2.45, 2.75) is 0 Å². The van der Waals surface area contributed by atoms with Gasteiger partial charge in [-0.2, -0.15) is 0 Å². The lowest BCUT2D eigenvalue weighted by atomic mass is 10.1. The predicted molar refractivity (Wildman–Crippen MR) is 123 cm³/mol. The summed E-state index contributed by atoms with van der Waals surface area (Å²) in [5.41, 5.74) is 2.57. The number of hydrogen-bond donors (Lipinski definition) is 1. The van der Waals surface area contributed by atoms with Gasteiger partial charge in [0.2, 0.25) is 5.88 Å². The van der Waals surface area contributed by atoms with Gasteiger partial charge < -0.3 is 14.8 Å². The molecule has 0 unspecified atom stereocenters. The molecule has 0 aliphatic heterocycles. The highest BCUT2D eigenvalue weighted by Gasteiger charge is 2.08. The van der Waals surface area contributed by atoms with E-state index in [4.69, 9.17) is 9.47 Å². The monoisotopic (exact) mass is 442 g/mol. The highest BCUT2D eigenvalue weighted by molar-refractivity contribution is 7.15. The Morgan fingerprint density at radius 3 is 2.72 bits per heavy atom. The van der Waals surface area contributed by atoms with Gasteiger partial charge in [0.05, 0.1) is 5.69 Å². The summed E-state index contributed by atoms with van der Waals surface area (Å²) in [5.74, 6) is 1.34. The third-order valence-corrected chi connectivity index (χ3v) is 5.36. The molecule has 3 aromatic heterocycles. The Labute approximate surface area is 187 Å². The van der Waals surface area contributed by atoms with Gasteiger partial charge in [-0.05, 0) is 30.3 Å². The number of ether oxygens (including phenoxy) is 2. The van der Waals surface area contributed by atoms with E-state index in [9.17, 15) is 4.79 Å². The second kappa shape index (κ2) is 8.91. The molecule has 0 saturated heterocycles. The van der Waals surface area contributed by atoms with Gasteiger partial charge in [0.15, 0.2) is 11.6 Å². The van der Waals surface area contributed by atoms with Crippen LogP contribution in [0.5, 0.6) is 17.4 Å². The van der Waals surface area contributed by atoms with Crippen LogP contribution in [0.2, 0.25) is 0 Å².